The molecule has 0 radical (unpaired) electrons. The first kappa shape index (κ1) is 16.6. The van der Waals surface area contributed by atoms with E-state index in [1.54, 1.807) is 0 Å². The first-order valence-corrected chi connectivity index (χ1v) is 8.23. The highest BCUT2D eigenvalue weighted by atomic mass is 32.2. The van der Waals surface area contributed by atoms with Crippen LogP contribution >= 0.6 is 11.8 Å². The summed E-state index contributed by atoms with van der Waals surface area (Å²) in [5, 5.41) is 7.01. The van der Waals surface area contributed by atoms with Gasteiger partial charge in [0.1, 0.15) is 5.60 Å². The van der Waals surface area contributed by atoms with Crippen LogP contribution in [0.2, 0.25) is 0 Å². The third-order valence-corrected chi connectivity index (χ3v) is 4.32. The number of hydrogen-bond acceptors (Lipinski definition) is 4. The number of carbonyl (C=O) groups is 1. The molecule has 1 fully saturated rings. The van der Waals surface area contributed by atoms with Crippen LogP contribution in [0.1, 0.15) is 47.0 Å². The van der Waals surface area contributed by atoms with Crippen LogP contribution in [0.4, 0.5) is 4.79 Å². The predicted molar refractivity (Wildman–Crippen MR) is 81.8 cm³/mol. The monoisotopic (exact) mass is 288 g/mol. The number of alkyl carbamates (subject to hydrolysis) is 1. The summed E-state index contributed by atoms with van der Waals surface area (Å²) in [7, 11) is 0. The van der Waals surface area contributed by atoms with Crippen LogP contribution in [-0.4, -0.2) is 41.8 Å². The lowest BCUT2D eigenvalue weighted by atomic mass is 10.2. The second-order valence-electron chi connectivity index (χ2n) is 6.18. The van der Waals surface area contributed by atoms with Gasteiger partial charge in [-0.25, -0.2) is 4.79 Å². The van der Waals surface area contributed by atoms with Crippen LogP contribution in [0.5, 0.6) is 0 Å². The third-order valence-electron chi connectivity index (χ3n) is 2.92. The molecule has 1 saturated heterocycles. The summed E-state index contributed by atoms with van der Waals surface area (Å²) in [4.78, 5) is 11.5. The van der Waals surface area contributed by atoms with E-state index in [9.17, 15) is 4.79 Å². The third kappa shape index (κ3) is 8.37. The van der Waals surface area contributed by atoms with E-state index in [-0.39, 0.29) is 12.1 Å². The highest BCUT2D eigenvalue weighted by Crippen LogP contribution is 2.24. The van der Waals surface area contributed by atoms with Crippen molar-refractivity contribution in [2.45, 2.75) is 63.9 Å². The van der Waals surface area contributed by atoms with Gasteiger partial charge in [-0.2, -0.15) is 11.8 Å². The van der Waals surface area contributed by atoms with E-state index in [0.29, 0.717) is 6.54 Å². The molecule has 2 N–H and O–H groups in total. The number of carbonyl (C=O) groups excluding carboxylic acids is 1. The van der Waals surface area contributed by atoms with E-state index in [0.717, 1.165) is 11.8 Å². The summed E-state index contributed by atoms with van der Waals surface area (Å²) >= 11 is 2.06. The SMILES string of the molecule is CC(CNC(=O)OC(C)(C)C)NCC1CCCCS1. The zero-order valence-electron chi connectivity index (χ0n) is 12.6. The zero-order valence-corrected chi connectivity index (χ0v) is 13.4. The van der Waals surface area contributed by atoms with Crippen LogP contribution < -0.4 is 10.6 Å². The number of rotatable bonds is 5. The fraction of sp³-hybridized carbons (Fsp3) is 0.929. The Bertz CT molecular complexity index is 273. The lowest BCUT2D eigenvalue weighted by Gasteiger charge is -2.24. The van der Waals surface area contributed by atoms with Crippen molar-refractivity contribution in [1.82, 2.24) is 10.6 Å². The van der Waals surface area contributed by atoms with E-state index in [1.807, 2.05) is 20.8 Å². The van der Waals surface area contributed by atoms with Gasteiger partial charge in [0.25, 0.3) is 0 Å². The van der Waals surface area contributed by atoms with Crippen LogP contribution in [0.25, 0.3) is 0 Å². The summed E-state index contributed by atoms with van der Waals surface area (Å²) in [5.74, 6) is 1.29. The molecule has 0 spiro atoms. The standard InChI is InChI=1S/C14H28N2O2S/c1-11(9-16-13(17)18-14(2,3)4)15-10-12-7-5-6-8-19-12/h11-12,15H,5-10H2,1-4H3,(H,16,17). The van der Waals surface area contributed by atoms with Crippen molar-refractivity contribution < 1.29 is 9.53 Å². The number of ether oxygens (including phenoxy) is 1. The fourth-order valence-electron chi connectivity index (χ4n) is 1.92. The van der Waals surface area contributed by atoms with Gasteiger partial charge in [0.05, 0.1) is 0 Å². The summed E-state index contributed by atoms with van der Waals surface area (Å²) in [6, 6.07) is 0.273. The highest BCUT2D eigenvalue weighted by molar-refractivity contribution is 7.99. The van der Waals surface area contributed by atoms with Crippen molar-refractivity contribution in [3.63, 3.8) is 0 Å². The van der Waals surface area contributed by atoms with Gasteiger partial charge in [0.15, 0.2) is 0 Å². The smallest absolute Gasteiger partial charge is 0.407 e. The first-order valence-electron chi connectivity index (χ1n) is 7.18. The van der Waals surface area contributed by atoms with Crippen molar-refractivity contribution in [3.05, 3.63) is 0 Å². The van der Waals surface area contributed by atoms with Gasteiger partial charge in [0.2, 0.25) is 0 Å². The lowest BCUT2D eigenvalue weighted by molar-refractivity contribution is 0.0523. The van der Waals surface area contributed by atoms with E-state index < -0.39 is 5.60 Å². The maximum absolute atomic E-state index is 11.5. The second-order valence-corrected chi connectivity index (χ2v) is 7.59. The minimum Gasteiger partial charge on any atom is -0.444 e. The average Bonchev–Trinajstić information content (AvgIpc) is 2.33. The molecule has 1 rings (SSSR count). The van der Waals surface area contributed by atoms with Gasteiger partial charge < -0.3 is 15.4 Å². The normalized spacial score (nSPS) is 21.8. The Morgan fingerprint density at radius 1 is 1.42 bits per heavy atom. The first-order chi connectivity index (χ1) is 8.87. The van der Waals surface area contributed by atoms with Crippen molar-refractivity contribution in [2.24, 2.45) is 0 Å². The Hall–Kier alpha value is -0.420. The Labute approximate surface area is 121 Å². The maximum Gasteiger partial charge on any atom is 0.407 e. The van der Waals surface area contributed by atoms with E-state index >= 15 is 0 Å². The number of thioether (sulfide) groups is 1. The van der Waals surface area contributed by atoms with Crippen LogP contribution in [0.3, 0.4) is 0 Å². The zero-order chi connectivity index (χ0) is 14.3. The van der Waals surface area contributed by atoms with Gasteiger partial charge in [-0.05, 0) is 46.3 Å². The molecule has 4 nitrogen and oxygen atoms in total. The van der Waals surface area contributed by atoms with Crippen LogP contribution in [-0.2, 0) is 4.74 Å². The Kier molecular flexibility index (Phi) is 7.00. The molecule has 1 heterocycles. The fourth-order valence-corrected chi connectivity index (χ4v) is 3.18. The summed E-state index contributed by atoms with van der Waals surface area (Å²) in [5.41, 5.74) is -0.431. The van der Waals surface area contributed by atoms with Gasteiger partial charge >= 0.3 is 6.09 Å². The minimum atomic E-state index is -0.431. The molecule has 5 heteroatoms. The lowest BCUT2D eigenvalue weighted by Crippen LogP contribution is -2.43. The average molecular weight is 288 g/mol. The molecule has 1 aliphatic rings. The van der Waals surface area contributed by atoms with Crippen molar-refractivity contribution in [3.8, 4) is 0 Å². The second kappa shape index (κ2) is 8.00. The van der Waals surface area contributed by atoms with Crippen LogP contribution in [0, 0.1) is 0 Å². The minimum absolute atomic E-state index is 0.273. The Morgan fingerprint density at radius 2 is 2.16 bits per heavy atom. The summed E-state index contributed by atoms with van der Waals surface area (Å²) in [6.07, 6.45) is 3.68. The van der Waals surface area contributed by atoms with Crippen molar-refractivity contribution in [2.75, 3.05) is 18.8 Å². The van der Waals surface area contributed by atoms with Gasteiger partial charge in [-0.3, -0.25) is 0 Å². The topological polar surface area (TPSA) is 50.4 Å². The molecule has 2 unspecified atom stereocenters. The molecule has 0 saturated carbocycles. The largest absolute Gasteiger partial charge is 0.444 e. The van der Waals surface area contributed by atoms with E-state index in [2.05, 4.69) is 29.3 Å². The maximum atomic E-state index is 11.5. The van der Waals surface area contributed by atoms with Crippen LogP contribution in [0.15, 0.2) is 0 Å². The molecule has 19 heavy (non-hydrogen) atoms. The molecular weight excluding hydrogens is 260 g/mol. The molecular formula is C14H28N2O2S. The molecule has 0 aromatic rings. The van der Waals surface area contributed by atoms with Gasteiger partial charge in [0, 0.05) is 24.4 Å². The van der Waals surface area contributed by atoms with E-state index in [4.69, 9.17) is 4.74 Å². The summed E-state index contributed by atoms with van der Waals surface area (Å²) in [6.45, 7) is 9.33. The molecule has 1 amide bonds. The molecule has 0 aromatic carbocycles. The molecule has 0 bridgehead atoms. The van der Waals surface area contributed by atoms with E-state index in [1.165, 1.54) is 25.0 Å². The summed E-state index contributed by atoms with van der Waals surface area (Å²) < 4.78 is 5.20. The van der Waals surface area contributed by atoms with Gasteiger partial charge in [-0.15, -0.1) is 0 Å². The molecule has 2 atom stereocenters. The van der Waals surface area contributed by atoms with Crippen molar-refractivity contribution >= 4 is 17.9 Å². The predicted octanol–water partition coefficient (Wildman–Crippen LogP) is 2.77. The number of hydrogen-bond donors (Lipinski definition) is 2. The van der Waals surface area contributed by atoms with Gasteiger partial charge in [-0.1, -0.05) is 6.42 Å². The molecule has 112 valence electrons. The number of nitrogens with one attached hydrogen (secondary N) is 2. The molecule has 0 aliphatic carbocycles. The Balaban J connectivity index is 2.10. The molecule has 1 aliphatic heterocycles. The quantitative estimate of drug-likeness (QED) is 0.817. The Morgan fingerprint density at radius 3 is 2.74 bits per heavy atom. The highest BCUT2D eigenvalue weighted by Gasteiger charge is 2.17. The number of amides is 1. The molecule has 0 aromatic heterocycles. The van der Waals surface area contributed by atoms with Crippen molar-refractivity contribution in [1.29, 1.82) is 0 Å².